The van der Waals surface area contributed by atoms with Crippen LogP contribution in [0.1, 0.15) is 16.8 Å². The molecule has 98 valence electrons. The molecule has 0 radical (unpaired) electrons. The Morgan fingerprint density at radius 3 is 2.50 bits per heavy atom. The van der Waals surface area contributed by atoms with Gasteiger partial charge in [0.15, 0.2) is 0 Å². The molecule has 0 bridgehead atoms. The number of aromatic nitrogens is 1. The molecule has 2 heterocycles. The summed E-state index contributed by atoms with van der Waals surface area (Å²) >= 11 is 0. The number of amides is 1. The summed E-state index contributed by atoms with van der Waals surface area (Å²) < 4.78 is 0. The minimum absolute atomic E-state index is 0.107. The molecule has 1 aromatic heterocycles. The van der Waals surface area contributed by atoms with Crippen LogP contribution in [-0.2, 0) is 0 Å². The molecule has 0 aliphatic carbocycles. The molecule has 1 aromatic rings. The Labute approximate surface area is 108 Å². The van der Waals surface area contributed by atoms with Crippen molar-refractivity contribution < 1.29 is 4.79 Å². The van der Waals surface area contributed by atoms with E-state index in [1.165, 1.54) is 0 Å². The van der Waals surface area contributed by atoms with Crippen LogP contribution in [0.4, 0.5) is 0 Å². The number of rotatable bonds is 4. The first-order valence-electron chi connectivity index (χ1n) is 6.43. The maximum absolute atomic E-state index is 12.2. The van der Waals surface area contributed by atoms with Gasteiger partial charge in [-0.3, -0.25) is 14.7 Å². The van der Waals surface area contributed by atoms with Crippen LogP contribution >= 0.6 is 0 Å². The Balaban J connectivity index is 1.84. The van der Waals surface area contributed by atoms with Crippen LogP contribution in [0.5, 0.6) is 0 Å². The standard InChI is InChI=1S/C13H20N4O/c14-4-1-7-16-8-10-17(11-9-16)13(18)12-2-5-15-6-3-12/h2-3,5-6H,1,4,7-11,14H2. The van der Waals surface area contributed by atoms with Gasteiger partial charge in [0.05, 0.1) is 0 Å². The lowest BCUT2D eigenvalue weighted by molar-refractivity contribution is 0.0636. The molecule has 1 fully saturated rings. The topological polar surface area (TPSA) is 62.5 Å². The minimum Gasteiger partial charge on any atom is -0.336 e. The second-order valence-corrected chi connectivity index (χ2v) is 4.51. The molecule has 0 atom stereocenters. The summed E-state index contributed by atoms with van der Waals surface area (Å²) in [6.07, 6.45) is 4.34. The van der Waals surface area contributed by atoms with Crippen LogP contribution in [0.2, 0.25) is 0 Å². The smallest absolute Gasteiger partial charge is 0.254 e. The van der Waals surface area contributed by atoms with Crippen molar-refractivity contribution in [2.45, 2.75) is 6.42 Å². The van der Waals surface area contributed by atoms with E-state index in [9.17, 15) is 4.79 Å². The number of pyridine rings is 1. The highest BCUT2D eigenvalue weighted by Crippen LogP contribution is 2.08. The highest BCUT2D eigenvalue weighted by molar-refractivity contribution is 5.94. The van der Waals surface area contributed by atoms with Crippen molar-refractivity contribution in [3.05, 3.63) is 30.1 Å². The number of nitrogens with two attached hydrogens (primary N) is 1. The van der Waals surface area contributed by atoms with E-state index < -0.39 is 0 Å². The Bertz CT molecular complexity index is 374. The summed E-state index contributed by atoms with van der Waals surface area (Å²) in [6.45, 7) is 5.25. The normalized spacial score (nSPS) is 16.8. The maximum atomic E-state index is 12.2. The zero-order valence-electron chi connectivity index (χ0n) is 10.6. The Hall–Kier alpha value is -1.46. The minimum atomic E-state index is 0.107. The molecule has 2 N–H and O–H groups in total. The average Bonchev–Trinajstić information content (AvgIpc) is 2.46. The van der Waals surface area contributed by atoms with Gasteiger partial charge in [0.25, 0.3) is 5.91 Å². The van der Waals surface area contributed by atoms with Crippen molar-refractivity contribution >= 4 is 5.91 Å². The fourth-order valence-corrected chi connectivity index (χ4v) is 2.17. The average molecular weight is 248 g/mol. The molecule has 1 aliphatic heterocycles. The second kappa shape index (κ2) is 6.47. The highest BCUT2D eigenvalue weighted by Gasteiger charge is 2.21. The van der Waals surface area contributed by atoms with Gasteiger partial charge in [-0.1, -0.05) is 0 Å². The molecule has 0 spiro atoms. The highest BCUT2D eigenvalue weighted by atomic mass is 16.2. The van der Waals surface area contributed by atoms with Crippen molar-refractivity contribution in [2.75, 3.05) is 39.3 Å². The Morgan fingerprint density at radius 2 is 1.89 bits per heavy atom. The predicted molar refractivity (Wildman–Crippen MR) is 70.3 cm³/mol. The van der Waals surface area contributed by atoms with Crippen molar-refractivity contribution in [2.24, 2.45) is 5.73 Å². The zero-order valence-corrected chi connectivity index (χ0v) is 10.6. The number of piperazine rings is 1. The molecule has 1 saturated heterocycles. The third-order valence-corrected chi connectivity index (χ3v) is 3.27. The third kappa shape index (κ3) is 3.27. The molecule has 0 unspecified atom stereocenters. The summed E-state index contributed by atoms with van der Waals surface area (Å²) in [4.78, 5) is 20.4. The van der Waals surface area contributed by atoms with Gasteiger partial charge < -0.3 is 10.6 Å². The van der Waals surface area contributed by atoms with Gasteiger partial charge in [0.2, 0.25) is 0 Å². The Kier molecular flexibility index (Phi) is 4.66. The molecule has 18 heavy (non-hydrogen) atoms. The molecule has 5 nitrogen and oxygen atoms in total. The largest absolute Gasteiger partial charge is 0.336 e. The van der Waals surface area contributed by atoms with Gasteiger partial charge in [-0.15, -0.1) is 0 Å². The lowest BCUT2D eigenvalue weighted by Crippen LogP contribution is -2.49. The number of nitrogens with zero attached hydrogens (tertiary/aromatic N) is 3. The summed E-state index contributed by atoms with van der Waals surface area (Å²) in [5.41, 5.74) is 6.22. The van der Waals surface area contributed by atoms with E-state index in [2.05, 4.69) is 9.88 Å². The van der Waals surface area contributed by atoms with Crippen molar-refractivity contribution in [1.82, 2.24) is 14.8 Å². The summed E-state index contributed by atoms with van der Waals surface area (Å²) in [5.74, 6) is 0.107. The van der Waals surface area contributed by atoms with Gasteiger partial charge in [-0.25, -0.2) is 0 Å². The van der Waals surface area contributed by atoms with Gasteiger partial charge in [-0.05, 0) is 31.6 Å². The third-order valence-electron chi connectivity index (χ3n) is 3.27. The molecule has 1 aliphatic rings. The molecule has 0 aromatic carbocycles. The number of hydrogen-bond acceptors (Lipinski definition) is 4. The van der Waals surface area contributed by atoms with E-state index in [1.54, 1.807) is 24.5 Å². The van der Waals surface area contributed by atoms with E-state index in [-0.39, 0.29) is 5.91 Å². The first-order chi connectivity index (χ1) is 8.81. The van der Waals surface area contributed by atoms with Crippen LogP contribution in [0.3, 0.4) is 0 Å². The molecule has 5 heteroatoms. The summed E-state index contributed by atoms with van der Waals surface area (Å²) in [7, 11) is 0. The molecule has 2 rings (SSSR count). The maximum Gasteiger partial charge on any atom is 0.254 e. The van der Waals surface area contributed by atoms with Gasteiger partial charge in [-0.2, -0.15) is 0 Å². The molecule has 0 saturated carbocycles. The lowest BCUT2D eigenvalue weighted by atomic mass is 10.2. The number of carbonyl (C=O) groups excluding carboxylic acids is 1. The van der Waals surface area contributed by atoms with Gasteiger partial charge in [0, 0.05) is 44.1 Å². The van der Waals surface area contributed by atoms with Crippen LogP contribution < -0.4 is 5.73 Å². The first-order valence-corrected chi connectivity index (χ1v) is 6.43. The van der Waals surface area contributed by atoms with Crippen molar-refractivity contribution in [3.8, 4) is 0 Å². The van der Waals surface area contributed by atoms with Crippen LogP contribution in [0.25, 0.3) is 0 Å². The Morgan fingerprint density at radius 1 is 1.22 bits per heavy atom. The van der Waals surface area contributed by atoms with E-state index in [0.29, 0.717) is 0 Å². The van der Waals surface area contributed by atoms with Crippen LogP contribution in [0, 0.1) is 0 Å². The van der Waals surface area contributed by atoms with Crippen molar-refractivity contribution in [3.63, 3.8) is 0 Å². The molecule has 1 amide bonds. The lowest BCUT2D eigenvalue weighted by Gasteiger charge is -2.34. The van der Waals surface area contributed by atoms with Crippen LogP contribution in [0.15, 0.2) is 24.5 Å². The number of carbonyl (C=O) groups is 1. The van der Waals surface area contributed by atoms with Gasteiger partial charge in [0.1, 0.15) is 0 Å². The quantitative estimate of drug-likeness (QED) is 0.826. The van der Waals surface area contributed by atoms with Crippen molar-refractivity contribution in [1.29, 1.82) is 0 Å². The first kappa shape index (κ1) is 13.0. The second-order valence-electron chi connectivity index (χ2n) is 4.51. The summed E-state index contributed by atoms with van der Waals surface area (Å²) in [6, 6.07) is 3.53. The van der Waals surface area contributed by atoms with E-state index in [4.69, 9.17) is 5.73 Å². The fourth-order valence-electron chi connectivity index (χ4n) is 2.17. The monoisotopic (exact) mass is 248 g/mol. The van der Waals surface area contributed by atoms with Crippen LogP contribution in [-0.4, -0.2) is 60.0 Å². The predicted octanol–water partition coefficient (Wildman–Crippen LogP) is 0.188. The zero-order chi connectivity index (χ0) is 12.8. The SMILES string of the molecule is NCCCN1CCN(C(=O)c2ccncc2)CC1. The van der Waals surface area contributed by atoms with E-state index in [1.807, 2.05) is 4.90 Å². The summed E-state index contributed by atoms with van der Waals surface area (Å²) in [5, 5.41) is 0. The number of hydrogen-bond donors (Lipinski definition) is 1. The fraction of sp³-hybridized carbons (Fsp3) is 0.538. The molecular weight excluding hydrogens is 228 g/mol. The molecular formula is C13H20N4O. The van der Waals surface area contributed by atoms with E-state index in [0.717, 1.165) is 51.3 Å². The van der Waals surface area contributed by atoms with Gasteiger partial charge >= 0.3 is 0 Å². The van der Waals surface area contributed by atoms with E-state index >= 15 is 0 Å².